The third kappa shape index (κ3) is 2.96. The predicted molar refractivity (Wildman–Crippen MR) is 90.3 cm³/mol. The third-order valence-corrected chi connectivity index (χ3v) is 7.00. The van der Waals surface area contributed by atoms with Crippen LogP contribution in [0.4, 0.5) is 0 Å². The van der Waals surface area contributed by atoms with Gasteiger partial charge >= 0.3 is 0 Å². The second-order valence-electron chi connectivity index (χ2n) is 8.29. The molecule has 1 unspecified atom stereocenters. The van der Waals surface area contributed by atoms with E-state index >= 15 is 0 Å². The van der Waals surface area contributed by atoms with Gasteiger partial charge < -0.3 is 14.5 Å². The maximum absolute atomic E-state index is 12.6. The number of rotatable bonds is 4. The third-order valence-electron chi connectivity index (χ3n) is 7.00. The van der Waals surface area contributed by atoms with Crippen LogP contribution in [-0.2, 0) is 14.3 Å². The lowest BCUT2D eigenvalue weighted by molar-refractivity contribution is -0.137. The fourth-order valence-electron chi connectivity index (χ4n) is 4.98. The lowest BCUT2D eigenvalue weighted by Gasteiger charge is -2.43. The Morgan fingerprint density at radius 2 is 1.79 bits per heavy atom. The standard InChI is InChI=1S/C19H30N2O3/c22-17(20-9-11-24-12-10-20)6-5-16-13-21(14-19(16)7-2-8-19)18(23)15-3-1-4-15/h15-16H,1-14H2. The molecule has 2 saturated heterocycles. The monoisotopic (exact) mass is 334 g/mol. The quantitative estimate of drug-likeness (QED) is 0.791. The van der Waals surface area contributed by atoms with E-state index in [0.717, 1.165) is 45.4 Å². The molecule has 134 valence electrons. The first kappa shape index (κ1) is 16.4. The summed E-state index contributed by atoms with van der Waals surface area (Å²) in [5, 5.41) is 0. The van der Waals surface area contributed by atoms with Crippen molar-refractivity contribution in [2.24, 2.45) is 17.3 Å². The maximum Gasteiger partial charge on any atom is 0.225 e. The van der Waals surface area contributed by atoms with Gasteiger partial charge in [0.25, 0.3) is 0 Å². The Hall–Kier alpha value is -1.10. The van der Waals surface area contributed by atoms with E-state index in [0.29, 0.717) is 42.8 Å². The number of hydrogen-bond acceptors (Lipinski definition) is 3. The molecule has 0 aromatic rings. The number of morpholine rings is 1. The van der Waals surface area contributed by atoms with Crippen molar-refractivity contribution >= 4 is 11.8 Å². The summed E-state index contributed by atoms with van der Waals surface area (Å²) in [7, 11) is 0. The van der Waals surface area contributed by atoms with Gasteiger partial charge in [-0.2, -0.15) is 0 Å². The molecule has 2 amide bonds. The highest BCUT2D eigenvalue weighted by molar-refractivity contribution is 5.80. The maximum atomic E-state index is 12.6. The summed E-state index contributed by atoms with van der Waals surface area (Å²) in [6.45, 7) is 4.66. The number of ether oxygens (including phenoxy) is 1. The summed E-state index contributed by atoms with van der Waals surface area (Å²) < 4.78 is 5.33. The molecule has 0 aromatic heterocycles. The SMILES string of the molecule is O=C(CCC1CN(C(=O)C2CCC2)CC12CCC2)N1CCOCC1. The van der Waals surface area contributed by atoms with E-state index in [2.05, 4.69) is 4.90 Å². The van der Waals surface area contributed by atoms with Crippen molar-refractivity contribution in [2.45, 2.75) is 51.4 Å². The fourth-order valence-corrected chi connectivity index (χ4v) is 4.98. The smallest absolute Gasteiger partial charge is 0.225 e. The molecule has 0 radical (unpaired) electrons. The Morgan fingerprint density at radius 3 is 2.38 bits per heavy atom. The van der Waals surface area contributed by atoms with Crippen molar-refractivity contribution in [3.63, 3.8) is 0 Å². The summed E-state index contributed by atoms with van der Waals surface area (Å²) in [5.74, 6) is 1.50. The van der Waals surface area contributed by atoms with Crippen LogP contribution < -0.4 is 0 Å². The minimum absolute atomic E-state index is 0.275. The second-order valence-corrected chi connectivity index (χ2v) is 8.29. The van der Waals surface area contributed by atoms with Crippen molar-refractivity contribution in [2.75, 3.05) is 39.4 Å². The van der Waals surface area contributed by atoms with E-state index in [-0.39, 0.29) is 5.91 Å². The normalized spacial score (nSPS) is 29.4. The molecule has 1 spiro atoms. The Balaban J connectivity index is 1.33. The number of carbonyl (C=O) groups excluding carboxylic acids is 2. The molecule has 4 fully saturated rings. The Bertz CT molecular complexity index is 493. The number of amides is 2. The zero-order chi connectivity index (χ0) is 16.6. The van der Waals surface area contributed by atoms with E-state index in [1.165, 1.54) is 25.7 Å². The number of likely N-dealkylation sites (tertiary alicyclic amines) is 1. The van der Waals surface area contributed by atoms with Crippen LogP contribution >= 0.6 is 0 Å². The van der Waals surface area contributed by atoms with Gasteiger partial charge in [-0.3, -0.25) is 9.59 Å². The van der Waals surface area contributed by atoms with Crippen molar-refractivity contribution in [1.82, 2.24) is 9.80 Å². The predicted octanol–water partition coefficient (Wildman–Crippen LogP) is 2.05. The average molecular weight is 334 g/mol. The Kier molecular flexibility index (Phi) is 4.54. The fraction of sp³-hybridized carbons (Fsp3) is 0.895. The van der Waals surface area contributed by atoms with Crippen LogP contribution in [0.3, 0.4) is 0 Å². The molecule has 0 N–H and O–H groups in total. The van der Waals surface area contributed by atoms with Crippen molar-refractivity contribution in [3.05, 3.63) is 0 Å². The molecular formula is C19H30N2O3. The van der Waals surface area contributed by atoms with Gasteiger partial charge in [0.15, 0.2) is 0 Å². The van der Waals surface area contributed by atoms with E-state index in [9.17, 15) is 9.59 Å². The lowest BCUT2D eigenvalue weighted by Crippen LogP contribution is -2.42. The van der Waals surface area contributed by atoms with Crippen molar-refractivity contribution in [1.29, 1.82) is 0 Å². The van der Waals surface area contributed by atoms with Gasteiger partial charge in [0.1, 0.15) is 0 Å². The largest absolute Gasteiger partial charge is 0.378 e. The molecule has 4 aliphatic rings. The Morgan fingerprint density at radius 1 is 1.04 bits per heavy atom. The molecule has 2 saturated carbocycles. The first-order valence-corrected chi connectivity index (χ1v) is 9.82. The van der Waals surface area contributed by atoms with Crippen LogP contribution in [0.1, 0.15) is 51.4 Å². The molecule has 0 bridgehead atoms. The molecule has 2 aliphatic carbocycles. The number of carbonyl (C=O) groups is 2. The van der Waals surface area contributed by atoms with E-state index in [1.807, 2.05) is 4.90 Å². The summed E-state index contributed by atoms with van der Waals surface area (Å²) in [6.07, 6.45) is 8.76. The van der Waals surface area contributed by atoms with Crippen LogP contribution in [-0.4, -0.2) is 61.0 Å². The highest BCUT2D eigenvalue weighted by Gasteiger charge is 2.51. The van der Waals surface area contributed by atoms with Gasteiger partial charge in [0.2, 0.25) is 11.8 Å². The number of hydrogen-bond donors (Lipinski definition) is 0. The van der Waals surface area contributed by atoms with Gasteiger partial charge in [0, 0.05) is 38.5 Å². The van der Waals surface area contributed by atoms with Crippen LogP contribution in [0.25, 0.3) is 0 Å². The molecule has 2 aliphatic heterocycles. The van der Waals surface area contributed by atoms with Crippen LogP contribution in [0.15, 0.2) is 0 Å². The van der Waals surface area contributed by atoms with Crippen molar-refractivity contribution in [3.8, 4) is 0 Å². The highest BCUT2D eigenvalue weighted by atomic mass is 16.5. The minimum atomic E-state index is 0.275. The van der Waals surface area contributed by atoms with Gasteiger partial charge in [-0.15, -0.1) is 0 Å². The summed E-state index contributed by atoms with van der Waals surface area (Å²) >= 11 is 0. The first-order chi connectivity index (χ1) is 11.7. The summed E-state index contributed by atoms with van der Waals surface area (Å²) in [4.78, 5) is 29.2. The summed E-state index contributed by atoms with van der Waals surface area (Å²) in [6, 6.07) is 0. The molecule has 0 aromatic carbocycles. The molecule has 5 heteroatoms. The lowest BCUT2D eigenvalue weighted by atomic mass is 9.62. The van der Waals surface area contributed by atoms with Crippen LogP contribution in [0, 0.1) is 17.3 Å². The Labute approximate surface area is 144 Å². The zero-order valence-electron chi connectivity index (χ0n) is 14.7. The molecule has 2 heterocycles. The molecular weight excluding hydrogens is 304 g/mol. The molecule has 4 rings (SSSR count). The second kappa shape index (κ2) is 6.66. The first-order valence-electron chi connectivity index (χ1n) is 9.82. The van der Waals surface area contributed by atoms with Crippen molar-refractivity contribution < 1.29 is 14.3 Å². The average Bonchev–Trinajstić information content (AvgIpc) is 2.92. The van der Waals surface area contributed by atoms with Crippen LogP contribution in [0.2, 0.25) is 0 Å². The van der Waals surface area contributed by atoms with Gasteiger partial charge in [-0.1, -0.05) is 12.8 Å². The summed E-state index contributed by atoms with van der Waals surface area (Å²) in [5.41, 5.74) is 0.338. The van der Waals surface area contributed by atoms with Crippen LogP contribution in [0.5, 0.6) is 0 Å². The highest BCUT2D eigenvalue weighted by Crippen LogP contribution is 2.53. The molecule has 5 nitrogen and oxygen atoms in total. The van der Waals surface area contributed by atoms with Gasteiger partial charge in [-0.05, 0) is 43.4 Å². The number of nitrogens with zero attached hydrogens (tertiary/aromatic N) is 2. The molecule has 1 atom stereocenters. The minimum Gasteiger partial charge on any atom is -0.378 e. The topological polar surface area (TPSA) is 49.9 Å². The van der Waals surface area contributed by atoms with E-state index in [4.69, 9.17) is 4.74 Å². The van der Waals surface area contributed by atoms with Gasteiger partial charge in [0.05, 0.1) is 13.2 Å². The van der Waals surface area contributed by atoms with Gasteiger partial charge in [-0.25, -0.2) is 0 Å². The molecule has 24 heavy (non-hydrogen) atoms. The van der Waals surface area contributed by atoms with E-state index < -0.39 is 0 Å². The van der Waals surface area contributed by atoms with E-state index in [1.54, 1.807) is 0 Å². The zero-order valence-corrected chi connectivity index (χ0v) is 14.7.